The fourth-order valence-electron chi connectivity index (χ4n) is 2.03. The second kappa shape index (κ2) is 6.06. The van der Waals surface area contributed by atoms with E-state index in [1.807, 2.05) is 0 Å². The second-order valence-electron chi connectivity index (χ2n) is 4.79. The number of nitrogens with one attached hydrogen (secondary N) is 1. The molecule has 2 aromatic rings. The van der Waals surface area contributed by atoms with Crippen molar-refractivity contribution in [2.75, 3.05) is 12.4 Å². The molecule has 21 heavy (non-hydrogen) atoms. The molecule has 1 atom stereocenters. The smallest absolute Gasteiger partial charge is 0.333 e. The molecule has 0 aliphatic heterocycles. The van der Waals surface area contributed by atoms with E-state index in [-0.39, 0.29) is 0 Å². The lowest BCUT2D eigenvalue weighted by molar-refractivity contribution is -0.142. The summed E-state index contributed by atoms with van der Waals surface area (Å²) in [7, 11) is 1.57. The van der Waals surface area contributed by atoms with Crippen molar-refractivity contribution in [3.63, 3.8) is 0 Å². The molecule has 0 radical (unpaired) electrons. The fourth-order valence-corrected chi connectivity index (χ4v) is 2.22. The molecule has 0 aromatic heterocycles. The Labute approximate surface area is 128 Å². The minimum atomic E-state index is -1.27. The predicted molar refractivity (Wildman–Crippen MR) is 83.1 cm³/mol. The summed E-state index contributed by atoms with van der Waals surface area (Å²) in [6.45, 7) is 1.61. The summed E-state index contributed by atoms with van der Waals surface area (Å²) < 4.78 is 5.09. The summed E-state index contributed by atoms with van der Waals surface area (Å²) in [4.78, 5) is 11.7. The summed E-state index contributed by atoms with van der Waals surface area (Å²) in [5.41, 5.74) is -0.00395. The average Bonchev–Trinajstić information content (AvgIpc) is 2.47. The Morgan fingerprint density at radius 1 is 1.24 bits per heavy atom. The molecule has 0 spiro atoms. The van der Waals surface area contributed by atoms with Gasteiger partial charge >= 0.3 is 5.97 Å². The number of ether oxygens (including phenoxy) is 1. The van der Waals surface area contributed by atoms with Crippen molar-refractivity contribution in [3.8, 4) is 5.75 Å². The van der Waals surface area contributed by atoms with Crippen LogP contribution in [0, 0.1) is 0 Å². The van der Waals surface area contributed by atoms with Crippen molar-refractivity contribution in [3.05, 3.63) is 59.1 Å². The Bertz CT molecular complexity index is 642. The van der Waals surface area contributed by atoms with Crippen molar-refractivity contribution in [2.24, 2.45) is 0 Å². The van der Waals surface area contributed by atoms with Gasteiger partial charge in [-0.1, -0.05) is 29.8 Å². The molecule has 0 heterocycles. The molecule has 0 aliphatic rings. The van der Waals surface area contributed by atoms with E-state index in [9.17, 15) is 9.90 Å². The maximum Gasteiger partial charge on any atom is 0.333 e. The third kappa shape index (κ3) is 3.28. The lowest BCUT2D eigenvalue weighted by Gasteiger charge is -2.28. The highest BCUT2D eigenvalue weighted by molar-refractivity contribution is 6.30. The summed E-state index contributed by atoms with van der Waals surface area (Å²) in [6.07, 6.45) is 0. The third-order valence-corrected chi connectivity index (χ3v) is 3.55. The van der Waals surface area contributed by atoms with E-state index >= 15 is 0 Å². The maximum absolute atomic E-state index is 11.7. The van der Waals surface area contributed by atoms with Gasteiger partial charge in [0.25, 0.3) is 0 Å². The highest BCUT2D eigenvalue weighted by Gasteiger charge is 2.35. The Kier molecular flexibility index (Phi) is 4.38. The van der Waals surface area contributed by atoms with Crippen LogP contribution < -0.4 is 10.1 Å². The summed E-state index contributed by atoms with van der Waals surface area (Å²) in [5, 5.41) is 13.2. The molecule has 1 unspecified atom stereocenters. The number of hydrogen-bond donors (Lipinski definition) is 2. The number of hydrogen-bond acceptors (Lipinski definition) is 3. The molecule has 5 heteroatoms. The Balaban J connectivity index is 2.37. The number of benzene rings is 2. The molecule has 110 valence electrons. The monoisotopic (exact) mass is 305 g/mol. The third-order valence-electron chi connectivity index (χ3n) is 3.31. The summed E-state index contributed by atoms with van der Waals surface area (Å²) in [6, 6.07) is 13.9. The zero-order valence-electron chi connectivity index (χ0n) is 11.8. The van der Waals surface area contributed by atoms with Gasteiger partial charge in [0.15, 0.2) is 5.54 Å². The van der Waals surface area contributed by atoms with E-state index in [4.69, 9.17) is 16.3 Å². The Morgan fingerprint density at radius 2 is 1.90 bits per heavy atom. The van der Waals surface area contributed by atoms with Gasteiger partial charge < -0.3 is 15.2 Å². The molecule has 0 bridgehead atoms. The predicted octanol–water partition coefficient (Wildman–Crippen LogP) is 3.76. The van der Waals surface area contributed by atoms with E-state index in [1.165, 1.54) is 0 Å². The van der Waals surface area contributed by atoms with Gasteiger partial charge in [-0.3, -0.25) is 0 Å². The standard InChI is InChI=1S/C16H16ClNO3/c1-16(15(19)20,11-6-8-14(21-2)9-7-11)18-13-5-3-4-12(17)10-13/h3-10,18H,1-2H3,(H,19,20). The number of carbonyl (C=O) groups is 1. The van der Waals surface area contributed by atoms with Crippen molar-refractivity contribution in [2.45, 2.75) is 12.5 Å². The first kappa shape index (κ1) is 15.2. The second-order valence-corrected chi connectivity index (χ2v) is 5.23. The van der Waals surface area contributed by atoms with Gasteiger partial charge in [-0.15, -0.1) is 0 Å². The molecule has 0 saturated carbocycles. The van der Waals surface area contributed by atoms with Crippen LogP contribution in [0.4, 0.5) is 5.69 Å². The summed E-state index contributed by atoms with van der Waals surface area (Å²) >= 11 is 5.93. The quantitative estimate of drug-likeness (QED) is 0.883. The lowest BCUT2D eigenvalue weighted by atomic mass is 9.91. The fraction of sp³-hybridized carbons (Fsp3) is 0.188. The summed E-state index contributed by atoms with van der Waals surface area (Å²) in [5.74, 6) is -0.304. The highest BCUT2D eigenvalue weighted by atomic mass is 35.5. The molecule has 2 rings (SSSR count). The maximum atomic E-state index is 11.7. The number of carboxylic acid groups (broad SMARTS) is 1. The highest BCUT2D eigenvalue weighted by Crippen LogP contribution is 2.29. The first-order valence-electron chi connectivity index (χ1n) is 6.37. The van der Waals surface area contributed by atoms with Gasteiger partial charge in [0.1, 0.15) is 5.75 Å². The normalized spacial score (nSPS) is 13.3. The van der Waals surface area contributed by atoms with Crippen molar-refractivity contribution in [1.82, 2.24) is 0 Å². The molecular formula is C16H16ClNO3. The van der Waals surface area contributed by atoms with Gasteiger partial charge in [-0.2, -0.15) is 0 Å². The number of carboxylic acids is 1. The molecule has 0 amide bonds. The molecule has 2 aromatic carbocycles. The van der Waals surface area contributed by atoms with Crippen LogP contribution in [-0.4, -0.2) is 18.2 Å². The van der Waals surface area contributed by atoms with E-state index in [1.54, 1.807) is 62.6 Å². The van der Waals surface area contributed by atoms with Crippen LogP contribution in [-0.2, 0) is 10.3 Å². The number of rotatable bonds is 5. The van der Waals surface area contributed by atoms with Crippen molar-refractivity contribution >= 4 is 23.3 Å². The minimum absolute atomic E-state index is 0.544. The number of halogens is 1. The van der Waals surface area contributed by atoms with Gasteiger partial charge in [-0.05, 0) is 42.8 Å². The largest absolute Gasteiger partial charge is 0.497 e. The molecular weight excluding hydrogens is 290 g/mol. The lowest BCUT2D eigenvalue weighted by Crippen LogP contribution is -2.40. The van der Waals surface area contributed by atoms with Gasteiger partial charge in [-0.25, -0.2) is 4.79 Å². The SMILES string of the molecule is COc1ccc(C(C)(Nc2cccc(Cl)c2)C(=O)O)cc1. The molecule has 4 nitrogen and oxygen atoms in total. The topological polar surface area (TPSA) is 58.6 Å². The zero-order chi connectivity index (χ0) is 15.5. The van der Waals surface area contributed by atoms with E-state index in [0.717, 1.165) is 0 Å². The van der Waals surface area contributed by atoms with Crippen LogP contribution in [0.3, 0.4) is 0 Å². The molecule has 0 saturated heterocycles. The minimum Gasteiger partial charge on any atom is -0.497 e. The molecule has 0 aliphatic carbocycles. The van der Waals surface area contributed by atoms with Gasteiger partial charge in [0.2, 0.25) is 0 Å². The van der Waals surface area contributed by atoms with Crippen LogP contribution in [0.15, 0.2) is 48.5 Å². The van der Waals surface area contributed by atoms with Crippen LogP contribution in [0.25, 0.3) is 0 Å². The van der Waals surface area contributed by atoms with Crippen LogP contribution in [0.2, 0.25) is 5.02 Å². The number of anilines is 1. The van der Waals surface area contributed by atoms with Crippen molar-refractivity contribution in [1.29, 1.82) is 0 Å². The van der Waals surface area contributed by atoms with Crippen LogP contribution >= 0.6 is 11.6 Å². The molecule has 0 fully saturated rings. The average molecular weight is 306 g/mol. The molecule has 2 N–H and O–H groups in total. The Morgan fingerprint density at radius 3 is 2.43 bits per heavy atom. The number of aliphatic carboxylic acids is 1. The van der Waals surface area contributed by atoms with Gasteiger partial charge in [0.05, 0.1) is 7.11 Å². The first-order valence-corrected chi connectivity index (χ1v) is 6.75. The van der Waals surface area contributed by atoms with E-state index < -0.39 is 11.5 Å². The number of methoxy groups -OCH3 is 1. The zero-order valence-corrected chi connectivity index (χ0v) is 12.5. The van der Waals surface area contributed by atoms with E-state index in [2.05, 4.69) is 5.32 Å². The van der Waals surface area contributed by atoms with Gasteiger partial charge in [0, 0.05) is 10.7 Å². The van der Waals surface area contributed by atoms with Crippen LogP contribution in [0.1, 0.15) is 12.5 Å². The van der Waals surface area contributed by atoms with Crippen molar-refractivity contribution < 1.29 is 14.6 Å². The first-order chi connectivity index (χ1) is 9.95. The van der Waals surface area contributed by atoms with Crippen LogP contribution in [0.5, 0.6) is 5.75 Å². The Hall–Kier alpha value is -2.20. The van der Waals surface area contributed by atoms with E-state index in [0.29, 0.717) is 22.0 Å².